The van der Waals surface area contributed by atoms with Crippen LogP contribution in [0, 0.1) is 0 Å². The maximum absolute atomic E-state index is 12.5. The summed E-state index contributed by atoms with van der Waals surface area (Å²) in [7, 11) is 1.48. The number of morpholine rings is 1. The summed E-state index contributed by atoms with van der Waals surface area (Å²) in [5.41, 5.74) is 1.47. The van der Waals surface area contributed by atoms with Crippen molar-refractivity contribution >= 4 is 23.4 Å². The highest BCUT2D eigenvalue weighted by Gasteiger charge is 2.25. The fourth-order valence-corrected chi connectivity index (χ4v) is 3.35. The van der Waals surface area contributed by atoms with Gasteiger partial charge in [0.2, 0.25) is 5.91 Å². The lowest BCUT2D eigenvalue weighted by Gasteiger charge is -2.33. The van der Waals surface area contributed by atoms with E-state index >= 15 is 0 Å². The van der Waals surface area contributed by atoms with Crippen molar-refractivity contribution in [3.63, 3.8) is 0 Å². The lowest BCUT2D eigenvalue weighted by Crippen LogP contribution is -2.42. The van der Waals surface area contributed by atoms with Crippen LogP contribution in [-0.4, -0.2) is 56.0 Å². The molecule has 0 saturated carbocycles. The van der Waals surface area contributed by atoms with E-state index in [1.165, 1.54) is 7.11 Å². The highest BCUT2D eigenvalue weighted by molar-refractivity contribution is 6.39. The predicted octanol–water partition coefficient (Wildman–Crippen LogP) is 2.13. The molecule has 2 aromatic carbocycles. The summed E-state index contributed by atoms with van der Waals surface area (Å²) in [6, 6.07) is 16.7. The minimum Gasteiger partial charge on any atom is -0.495 e. The maximum atomic E-state index is 12.5. The first kappa shape index (κ1) is 22.3. The largest absolute Gasteiger partial charge is 0.495 e. The highest BCUT2D eigenvalue weighted by Crippen LogP contribution is 2.23. The maximum Gasteiger partial charge on any atom is 0.313 e. The number of hydrogen-bond donors (Lipinski definition) is 2. The lowest BCUT2D eigenvalue weighted by molar-refractivity contribution is -0.139. The molecule has 3 rings (SSSR count). The van der Waals surface area contributed by atoms with Crippen molar-refractivity contribution in [2.45, 2.75) is 18.9 Å². The van der Waals surface area contributed by atoms with Crippen LogP contribution in [0.15, 0.2) is 54.6 Å². The first-order valence-corrected chi connectivity index (χ1v) is 10.2. The number of carbonyl (C=O) groups excluding carboxylic acids is 3. The van der Waals surface area contributed by atoms with E-state index in [1.54, 1.807) is 29.2 Å². The molecular weight excluding hydrogens is 398 g/mol. The first-order valence-electron chi connectivity index (χ1n) is 10.2. The molecule has 8 nitrogen and oxygen atoms in total. The number of hydrogen-bond acceptors (Lipinski definition) is 5. The second kappa shape index (κ2) is 11.1. The summed E-state index contributed by atoms with van der Waals surface area (Å²) < 4.78 is 10.9. The van der Waals surface area contributed by atoms with E-state index in [0.29, 0.717) is 37.6 Å². The zero-order valence-electron chi connectivity index (χ0n) is 17.5. The van der Waals surface area contributed by atoms with Gasteiger partial charge in [0.15, 0.2) is 0 Å². The molecule has 31 heavy (non-hydrogen) atoms. The summed E-state index contributed by atoms with van der Waals surface area (Å²) in [5, 5.41) is 5.06. The van der Waals surface area contributed by atoms with Gasteiger partial charge in [-0.2, -0.15) is 0 Å². The van der Waals surface area contributed by atoms with E-state index in [9.17, 15) is 14.4 Å². The van der Waals surface area contributed by atoms with Gasteiger partial charge in [-0.05, 0) is 24.1 Å². The third-order valence-electron chi connectivity index (χ3n) is 5.00. The number of para-hydroxylation sites is 2. The van der Waals surface area contributed by atoms with Crippen LogP contribution < -0.4 is 15.4 Å². The zero-order chi connectivity index (χ0) is 22.1. The second-order valence-corrected chi connectivity index (χ2v) is 7.12. The Labute approximate surface area is 181 Å². The number of benzene rings is 2. The molecule has 1 aliphatic rings. The molecule has 0 aliphatic carbocycles. The smallest absolute Gasteiger partial charge is 0.313 e. The Balaban J connectivity index is 1.39. The molecule has 1 atom stereocenters. The van der Waals surface area contributed by atoms with Crippen LogP contribution in [-0.2, 0) is 19.1 Å². The molecular formula is C23H27N3O5. The van der Waals surface area contributed by atoms with Crippen LogP contribution in [0.5, 0.6) is 5.75 Å². The Bertz CT molecular complexity index is 903. The van der Waals surface area contributed by atoms with Gasteiger partial charge in [-0.1, -0.05) is 42.5 Å². The van der Waals surface area contributed by atoms with Gasteiger partial charge >= 0.3 is 11.8 Å². The molecule has 0 aromatic heterocycles. The molecule has 0 bridgehead atoms. The number of rotatable bonds is 7. The van der Waals surface area contributed by atoms with Crippen LogP contribution in [0.25, 0.3) is 0 Å². The van der Waals surface area contributed by atoms with E-state index in [-0.39, 0.29) is 25.0 Å². The first-order chi connectivity index (χ1) is 15.1. The summed E-state index contributed by atoms with van der Waals surface area (Å²) in [6.45, 7) is 1.79. The van der Waals surface area contributed by atoms with Gasteiger partial charge in [0, 0.05) is 19.5 Å². The Kier molecular flexibility index (Phi) is 8.00. The molecule has 1 saturated heterocycles. The third kappa shape index (κ3) is 6.29. The van der Waals surface area contributed by atoms with E-state index in [4.69, 9.17) is 9.47 Å². The van der Waals surface area contributed by atoms with Crippen molar-refractivity contribution in [1.82, 2.24) is 10.2 Å². The van der Waals surface area contributed by atoms with Crippen molar-refractivity contribution in [3.05, 3.63) is 60.2 Å². The van der Waals surface area contributed by atoms with Gasteiger partial charge in [-0.25, -0.2) is 0 Å². The van der Waals surface area contributed by atoms with Gasteiger partial charge < -0.3 is 25.0 Å². The normalized spacial score (nSPS) is 15.8. The molecule has 8 heteroatoms. The summed E-state index contributed by atoms with van der Waals surface area (Å²) in [5.74, 6) is -1.06. The molecule has 0 radical (unpaired) electrons. The quantitative estimate of drug-likeness (QED) is 0.523. The minimum atomic E-state index is -0.783. The zero-order valence-corrected chi connectivity index (χ0v) is 17.5. The number of ether oxygens (including phenoxy) is 2. The van der Waals surface area contributed by atoms with E-state index in [0.717, 1.165) is 5.56 Å². The Morgan fingerprint density at radius 3 is 2.58 bits per heavy atom. The van der Waals surface area contributed by atoms with Crippen molar-refractivity contribution in [2.24, 2.45) is 0 Å². The number of carbonyl (C=O) groups is 3. The Morgan fingerprint density at radius 2 is 1.81 bits per heavy atom. The van der Waals surface area contributed by atoms with Crippen LogP contribution in [0.2, 0.25) is 0 Å². The number of nitrogens with one attached hydrogen (secondary N) is 2. The van der Waals surface area contributed by atoms with Gasteiger partial charge in [0.05, 0.1) is 25.9 Å². The van der Waals surface area contributed by atoms with E-state index < -0.39 is 11.8 Å². The molecule has 1 heterocycles. The number of anilines is 1. The molecule has 1 unspecified atom stereocenters. The number of amides is 3. The Morgan fingerprint density at radius 1 is 1.06 bits per heavy atom. The molecule has 1 aliphatic heterocycles. The van der Waals surface area contributed by atoms with Crippen molar-refractivity contribution in [3.8, 4) is 5.75 Å². The van der Waals surface area contributed by atoms with Gasteiger partial charge in [0.1, 0.15) is 11.9 Å². The van der Waals surface area contributed by atoms with Gasteiger partial charge in [0.25, 0.3) is 0 Å². The summed E-state index contributed by atoms with van der Waals surface area (Å²) >= 11 is 0. The standard InChI is InChI=1S/C23H27N3O5/c1-30-19-11-6-5-10-18(19)25-23(29)22(28)24-13-7-12-21(27)26-14-15-31-20(16-26)17-8-3-2-4-9-17/h2-6,8-11,20H,7,12-16H2,1H3,(H,24,28)(H,25,29). The monoisotopic (exact) mass is 425 g/mol. The van der Waals surface area contributed by atoms with Crippen molar-refractivity contribution < 1.29 is 23.9 Å². The van der Waals surface area contributed by atoms with Crippen LogP contribution in [0.3, 0.4) is 0 Å². The average Bonchev–Trinajstić information content (AvgIpc) is 2.82. The topological polar surface area (TPSA) is 97.0 Å². The fraction of sp³-hybridized carbons (Fsp3) is 0.348. The van der Waals surface area contributed by atoms with Gasteiger partial charge in [-0.3, -0.25) is 14.4 Å². The van der Waals surface area contributed by atoms with Crippen LogP contribution >= 0.6 is 0 Å². The Hall–Kier alpha value is -3.39. The molecule has 0 spiro atoms. The van der Waals surface area contributed by atoms with Crippen molar-refractivity contribution in [1.29, 1.82) is 0 Å². The summed E-state index contributed by atoms with van der Waals surface area (Å²) in [6.07, 6.45) is 0.604. The molecule has 1 fully saturated rings. The molecule has 2 N–H and O–H groups in total. The average molecular weight is 425 g/mol. The number of nitrogens with zero attached hydrogens (tertiary/aromatic N) is 1. The van der Waals surface area contributed by atoms with E-state index in [1.807, 2.05) is 30.3 Å². The summed E-state index contributed by atoms with van der Waals surface area (Å²) in [4.78, 5) is 38.4. The van der Waals surface area contributed by atoms with Gasteiger partial charge in [-0.15, -0.1) is 0 Å². The highest BCUT2D eigenvalue weighted by atomic mass is 16.5. The van der Waals surface area contributed by atoms with Crippen molar-refractivity contribution in [2.75, 3.05) is 38.7 Å². The minimum absolute atomic E-state index is 0.0111. The molecule has 2 aromatic rings. The second-order valence-electron chi connectivity index (χ2n) is 7.12. The van der Waals surface area contributed by atoms with Crippen LogP contribution in [0.1, 0.15) is 24.5 Å². The SMILES string of the molecule is COc1ccccc1NC(=O)C(=O)NCCCC(=O)N1CCOC(c2ccccc2)C1. The van der Waals surface area contributed by atoms with Crippen LogP contribution in [0.4, 0.5) is 5.69 Å². The lowest BCUT2D eigenvalue weighted by atomic mass is 10.1. The molecule has 164 valence electrons. The number of methoxy groups -OCH3 is 1. The predicted molar refractivity (Wildman–Crippen MR) is 116 cm³/mol. The third-order valence-corrected chi connectivity index (χ3v) is 5.00. The fourth-order valence-electron chi connectivity index (χ4n) is 3.35. The van der Waals surface area contributed by atoms with E-state index in [2.05, 4.69) is 10.6 Å². The molecule has 3 amide bonds.